The third-order valence-electron chi connectivity index (χ3n) is 3.04. The Balaban J connectivity index is 2.09. The molecule has 1 aromatic carbocycles. The van der Waals surface area contributed by atoms with Gasteiger partial charge in [0.2, 0.25) is 5.91 Å². The molecule has 0 spiro atoms. The molecule has 1 unspecified atom stereocenters. The Bertz CT molecular complexity index is 521. The van der Waals surface area contributed by atoms with Gasteiger partial charge in [0.15, 0.2) is 0 Å². The van der Waals surface area contributed by atoms with Crippen LogP contribution in [-0.2, 0) is 4.79 Å². The number of halogens is 2. The topological polar surface area (TPSA) is 49.4 Å². The lowest BCUT2D eigenvalue weighted by molar-refractivity contribution is -0.119. The van der Waals surface area contributed by atoms with Gasteiger partial charge in [-0.25, -0.2) is 0 Å². The number of nitrogens with zero attached hydrogens (tertiary/aromatic N) is 1. The van der Waals surface area contributed by atoms with Crippen molar-refractivity contribution in [3.63, 3.8) is 0 Å². The maximum atomic E-state index is 12.4. The van der Waals surface area contributed by atoms with E-state index in [0.717, 1.165) is 10.9 Å². The second-order valence-electron chi connectivity index (χ2n) is 4.56. The zero-order valence-electron chi connectivity index (χ0n) is 10.5. The molecule has 0 bridgehead atoms. The lowest BCUT2D eigenvalue weighted by atomic mass is 10.2. The number of rotatable bonds is 2. The van der Waals surface area contributed by atoms with Gasteiger partial charge in [0, 0.05) is 35.6 Å². The number of likely N-dealkylation sites (tertiary alicyclic amines) is 1. The molecule has 1 aliphatic heterocycles. The summed E-state index contributed by atoms with van der Waals surface area (Å²) in [5.74, 6) is -0.134. The molecule has 1 atom stereocenters. The molecule has 0 saturated carbocycles. The van der Waals surface area contributed by atoms with Crippen molar-refractivity contribution in [1.82, 2.24) is 10.2 Å². The predicted octanol–water partition coefficient (Wildman–Crippen LogP) is 2.45. The summed E-state index contributed by atoms with van der Waals surface area (Å²) in [5.41, 5.74) is 0.552. The van der Waals surface area contributed by atoms with Crippen molar-refractivity contribution in [3.05, 3.63) is 33.3 Å². The molecule has 2 amide bonds. The molecule has 0 radical (unpaired) electrons. The predicted molar refractivity (Wildman–Crippen MR) is 77.3 cm³/mol. The number of carbonyl (C=O) groups is 2. The summed E-state index contributed by atoms with van der Waals surface area (Å²) in [6, 6.07) is 5.18. The Morgan fingerprint density at radius 2 is 2.21 bits per heavy atom. The fourth-order valence-electron chi connectivity index (χ4n) is 2.18. The van der Waals surface area contributed by atoms with E-state index in [1.165, 1.54) is 6.92 Å². The van der Waals surface area contributed by atoms with Crippen LogP contribution in [0, 0.1) is 0 Å². The van der Waals surface area contributed by atoms with E-state index in [1.54, 1.807) is 23.1 Å². The summed E-state index contributed by atoms with van der Waals surface area (Å²) in [6.07, 6.45) is 0.781. The number of nitrogens with one attached hydrogen (secondary N) is 1. The summed E-state index contributed by atoms with van der Waals surface area (Å²) in [7, 11) is 0. The van der Waals surface area contributed by atoms with Crippen LogP contribution in [0.5, 0.6) is 0 Å². The van der Waals surface area contributed by atoms with Crippen molar-refractivity contribution in [2.24, 2.45) is 0 Å². The van der Waals surface area contributed by atoms with Gasteiger partial charge in [0.1, 0.15) is 0 Å². The first-order valence-corrected chi connectivity index (χ1v) is 7.16. The van der Waals surface area contributed by atoms with Crippen LogP contribution in [0.1, 0.15) is 23.7 Å². The average Bonchev–Trinajstić information content (AvgIpc) is 2.79. The highest BCUT2D eigenvalue weighted by Crippen LogP contribution is 2.24. The van der Waals surface area contributed by atoms with Gasteiger partial charge in [-0.05, 0) is 40.5 Å². The summed E-state index contributed by atoms with van der Waals surface area (Å²) in [4.78, 5) is 25.1. The van der Waals surface area contributed by atoms with Gasteiger partial charge >= 0.3 is 0 Å². The number of hydrogen-bond donors (Lipinski definition) is 1. The van der Waals surface area contributed by atoms with Crippen LogP contribution >= 0.6 is 27.5 Å². The van der Waals surface area contributed by atoms with Gasteiger partial charge in [0.05, 0.1) is 5.56 Å². The monoisotopic (exact) mass is 344 g/mol. The molecule has 19 heavy (non-hydrogen) atoms. The van der Waals surface area contributed by atoms with Gasteiger partial charge in [-0.2, -0.15) is 0 Å². The van der Waals surface area contributed by atoms with E-state index >= 15 is 0 Å². The molecule has 1 aromatic rings. The smallest absolute Gasteiger partial charge is 0.255 e. The normalized spacial score (nSPS) is 18.5. The van der Waals surface area contributed by atoms with Crippen molar-refractivity contribution >= 4 is 39.3 Å². The van der Waals surface area contributed by atoms with Gasteiger partial charge in [-0.3, -0.25) is 9.59 Å². The number of amides is 2. The molecule has 1 heterocycles. The van der Waals surface area contributed by atoms with E-state index in [0.29, 0.717) is 23.7 Å². The molecular formula is C13H14BrClN2O2. The van der Waals surface area contributed by atoms with Crippen LogP contribution in [0.25, 0.3) is 0 Å². The minimum Gasteiger partial charge on any atom is -0.352 e. The second kappa shape index (κ2) is 5.92. The molecule has 6 heteroatoms. The van der Waals surface area contributed by atoms with Crippen molar-refractivity contribution in [1.29, 1.82) is 0 Å². The summed E-state index contributed by atoms with van der Waals surface area (Å²) < 4.78 is 0.727. The summed E-state index contributed by atoms with van der Waals surface area (Å²) in [5, 5.41) is 3.37. The Hall–Kier alpha value is -1.07. The molecule has 2 rings (SSSR count). The minimum absolute atomic E-state index is 0.0411. The van der Waals surface area contributed by atoms with Crippen LogP contribution in [-0.4, -0.2) is 35.8 Å². The first-order valence-electron chi connectivity index (χ1n) is 5.99. The van der Waals surface area contributed by atoms with Gasteiger partial charge < -0.3 is 10.2 Å². The average molecular weight is 346 g/mol. The van der Waals surface area contributed by atoms with E-state index in [-0.39, 0.29) is 17.9 Å². The molecule has 1 saturated heterocycles. The number of benzene rings is 1. The maximum absolute atomic E-state index is 12.4. The molecule has 102 valence electrons. The van der Waals surface area contributed by atoms with Gasteiger partial charge in [0.25, 0.3) is 5.91 Å². The van der Waals surface area contributed by atoms with Crippen LogP contribution in [0.3, 0.4) is 0 Å². The standard InChI is InChI=1S/C13H14BrClN2O2/c1-8(18)16-10-4-5-17(7-10)13(19)11-6-9(15)2-3-12(11)14/h2-3,6,10H,4-5,7H2,1H3,(H,16,18). The molecular weight excluding hydrogens is 332 g/mol. The van der Waals surface area contributed by atoms with E-state index in [2.05, 4.69) is 21.2 Å². The Labute approximate surface area is 125 Å². The molecule has 0 aromatic heterocycles. The molecule has 1 aliphatic rings. The third-order valence-corrected chi connectivity index (χ3v) is 3.97. The lowest BCUT2D eigenvalue weighted by Gasteiger charge is -2.17. The third kappa shape index (κ3) is 3.48. The molecule has 1 N–H and O–H groups in total. The van der Waals surface area contributed by atoms with Gasteiger partial charge in [-0.15, -0.1) is 0 Å². The van der Waals surface area contributed by atoms with Crippen molar-refractivity contribution in [2.75, 3.05) is 13.1 Å². The van der Waals surface area contributed by atoms with Crippen LogP contribution in [0.15, 0.2) is 22.7 Å². The highest BCUT2D eigenvalue weighted by Gasteiger charge is 2.28. The fourth-order valence-corrected chi connectivity index (χ4v) is 2.77. The first kappa shape index (κ1) is 14.3. The lowest BCUT2D eigenvalue weighted by Crippen LogP contribution is -2.37. The Kier molecular flexibility index (Phi) is 4.47. The molecule has 1 fully saturated rings. The van der Waals surface area contributed by atoms with E-state index in [1.807, 2.05) is 0 Å². The highest BCUT2D eigenvalue weighted by atomic mass is 79.9. The fraction of sp³-hybridized carbons (Fsp3) is 0.385. The Morgan fingerprint density at radius 3 is 2.89 bits per heavy atom. The quantitative estimate of drug-likeness (QED) is 0.895. The van der Waals surface area contributed by atoms with E-state index < -0.39 is 0 Å². The summed E-state index contributed by atoms with van der Waals surface area (Å²) in [6.45, 7) is 2.66. The number of carbonyl (C=O) groups excluding carboxylic acids is 2. The van der Waals surface area contributed by atoms with Gasteiger partial charge in [-0.1, -0.05) is 11.6 Å². The largest absolute Gasteiger partial charge is 0.352 e. The highest BCUT2D eigenvalue weighted by molar-refractivity contribution is 9.10. The van der Waals surface area contributed by atoms with E-state index in [4.69, 9.17) is 11.6 Å². The maximum Gasteiger partial charge on any atom is 0.255 e. The van der Waals surface area contributed by atoms with Crippen LogP contribution < -0.4 is 5.32 Å². The minimum atomic E-state index is -0.0674. The van der Waals surface area contributed by atoms with Crippen molar-refractivity contribution in [3.8, 4) is 0 Å². The zero-order valence-corrected chi connectivity index (χ0v) is 12.8. The molecule has 4 nitrogen and oxygen atoms in total. The van der Waals surface area contributed by atoms with E-state index in [9.17, 15) is 9.59 Å². The second-order valence-corrected chi connectivity index (χ2v) is 5.85. The zero-order chi connectivity index (χ0) is 14.0. The first-order chi connectivity index (χ1) is 8.97. The summed E-state index contributed by atoms with van der Waals surface area (Å²) >= 11 is 9.27. The number of hydrogen-bond acceptors (Lipinski definition) is 2. The molecule has 0 aliphatic carbocycles. The van der Waals surface area contributed by atoms with Crippen LogP contribution in [0.2, 0.25) is 5.02 Å². The SMILES string of the molecule is CC(=O)NC1CCN(C(=O)c2cc(Cl)ccc2Br)C1. The Morgan fingerprint density at radius 1 is 1.47 bits per heavy atom. The van der Waals surface area contributed by atoms with Crippen molar-refractivity contribution in [2.45, 2.75) is 19.4 Å². The van der Waals surface area contributed by atoms with Crippen LogP contribution in [0.4, 0.5) is 0 Å². The van der Waals surface area contributed by atoms with Crippen molar-refractivity contribution < 1.29 is 9.59 Å².